The normalized spacial score (nSPS) is 20.0. The molecule has 1 aromatic rings. The summed E-state index contributed by atoms with van der Waals surface area (Å²) in [4.78, 5) is 33.7. The molecule has 0 aromatic heterocycles. The number of hydrogen-bond donors (Lipinski definition) is 3. The van der Waals surface area contributed by atoms with E-state index in [0.717, 1.165) is 0 Å². The fourth-order valence-electron chi connectivity index (χ4n) is 2.59. The third-order valence-corrected chi connectivity index (χ3v) is 3.89. The maximum absolute atomic E-state index is 12.1. The van der Waals surface area contributed by atoms with E-state index in [0.29, 0.717) is 30.7 Å². The number of aliphatic carboxylic acids is 1. The van der Waals surface area contributed by atoms with Crippen molar-refractivity contribution in [2.45, 2.75) is 25.7 Å². The SMILES string of the molecule is NC(=O)CCOc1ccc(NC(=O)[C@@H]2CC[C@H](C(=O)O)C2)cc1. The van der Waals surface area contributed by atoms with Crippen molar-refractivity contribution in [3.8, 4) is 5.75 Å². The Labute approximate surface area is 133 Å². The number of carbonyl (C=O) groups excluding carboxylic acids is 2. The van der Waals surface area contributed by atoms with E-state index in [9.17, 15) is 14.4 Å². The van der Waals surface area contributed by atoms with E-state index in [1.807, 2.05) is 0 Å². The Morgan fingerprint density at radius 3 is 2.39 bits per heavy atom. The second kappa shape index (κ2) is 7.62. The molecule has 1 aromatic carbocycles. The second-order valence-corrected chi connectivity index (χ2v) is 5.62. The summed E-state index contributed by atoms with van der Waals surface area (Å²) in [6.45, 7) is 0.208. The molecule has 2 amide bonds. The van der Waals surface area contributed by atoms with Gasteiger partial charge in [-0.1, -0.05) is 0 Å². The molecule has 7 nitrogen and oxygen atoms in total. The van der Waals surface area contributed by atoms with E-state index < -0.39 is 17.8 Å². The molecular weight excluding hydrogens is 300 g/mol. The lowest BCUT2D eigenvalue weighted by Crippen LogP contribution is -2.21. The zero-order chi connectivity index (χ0) is 16.8. The number of anilines is 1. The second-order valence-electron chi connectivity index (χ2n) is 5.62. The van der Waals surface area contributed by atoms with Gasteiger partial charge in [-0.15, -0.1) is 0 Å². The lowest BCUT2D eigenvalue weighted by Gasteiger charge is -2.11. The van der Waals surface area contributed by atoms with E-state index in [-0.39, 0.29) is 24.9 Å². The van der Waals surface area contributed by atoms with Crippen LogP contribution in [-0.4, -0.2) is 29.5 Å². The molecule has 1 aliphatic rings. The summed E-state index contributed by atoms with van der Waals surface area (Å²) in [5.41, 5.74) is 5.64. The molecule has 7 heteroatoms. The standard InChI is InChI=1S/C16H20N2O5/c17-14(19)7-8-23-13-5-3-12(4-6-13)18-15(20)10-1-2-11(9-10)16(21)22/h3-6,10-11H,1-2,7-9H2,(H2,17,19)(H,18,20)(H,21,22)/t10-,11+/m1/s1. The molecule has 0 heterocycles. The van der Waals surface area contributed by atoms with Gasteiger partial charge in [0, 0.05) is 11.6 Å². The highest BCUT2D eigenvalue weighted by atomic mass is 16.5. The number of hydrogen-bond acceptors (Lipinski definition) is 4. The fourth-order valence-corrected chi connectivity index (χ4v) is 2.59. The van der Waals surface area contributed by atoms with Crippen LogP contribution in [0, 0.1) is 11.8 Å². The van der Waals surface area contributed by atoms with Gasteiger partial charge in [-0.3, -0.25) is 14.4 Å². The van der Waals surface area contributed by atoms with E-state index in [1.165, 1.54) is 0 Å². The lowest BCUT2D eigenvalue weighted by molar-refractivity contribution is -0.141. The number of ether oxygens (including phenoxy) is 1. The van der Waals surface area contributed by atoms with Gasteiger partial charge in [-0.25, -0.2) is 0 Å². The Balaban J connectivity index is 1.82. The van der Waals surface area contributed by atoms with Gasteiger partial charge in [-0.2, -0.15) is 0 Å². The van der Waals surface area contributed by atoms with Crippen molar-refractivity contribution in [1.29, 1.82) is 0 Å². The summed E-state index contributed by atoms with van der Waals surface area (Å²) in [6.07, 6.45) is 1.66. The van der Waals surface area contributed by atoms with Gasteiger partial charge < -0.3 is 20.9 Å². The van der Waals surface area contributed by atoms with Crippen LogP contribution in [0.5, 0.6) is 5.75 Å². The quantitative estimate of drug-likeness (QED) is 0.701. The van der Waals surface area contributed by atoms with Crippen molar-refractivity contribution in [3.63, 3.8) is 0 Å². The van der Waals surface area contributed by atoms with Crippen molar-refractivity contribution in [3.05, 3.63) is 24.3 Å². The molecule has 1 saturated carbocycles. The minimum atomic E-state index is -0.835. The third-order valence-electron chi connectivity index (χ3n) is 3.89. The first-order valence-electron chi connectivity index (χ1n) is 7.50. The van der Waals surface area contributed by atoms with Gasteiger partial charge in [0.05, 0.1) is 18.9 Å². The largest absolute Gasteiger partial charge is 0.493 e. The van der Waals surface area contributed by atoms with E-state index in [1.54, 1.807) is 24.3 Å². The number of primary amides is 1. The number of nitrogens with one attached hydrogen (secondary N) is 1. The number of carboxylic acid groups (broad SMARTS) is 1. The Hall–Kier alpha value is -2.57. The average Bonchev–Trinajstić information content (AvgIpc) is 2.99. The van der Waals surface area contributed by atoms with Crippen molar-refractivity contribution < 1.29 is 24.2 Å². The Kier molecular flexibility index (Phi) is 5.56. The molecule has 2 rings (SSSR count). The van der Waals surface area contributed by atoms with Crippen LogP contribution in [0.3, 0.4) is 0 Å². The van der Waals surface area contributed by atoms with Gasteiger partial charge in [0.1, 0.15) is 5.75 Å². The van der Waals surface area contributed by atoms with Crippen LogP contribution in [0.15, 0.2) is 24.3 Å². The van der Waals surface area contributed by atoms with E-state index >= 15 is 0 Å². The fraction of sp³-hybridized carbons (Fsp3) is 0.438. The minimum absolute atomic E-state index is 0.144. The molecule has 0 unspecified atom stereocenters. The van der Waals surface area contributed by atoms with Gasteiger partial charge in [0.2, 0.25) is 11.8 Å². The molecule has 0 radical (unpaired) electrons. The van der Waals surface area contributed by atoms with Crippen LogP contribution < -0.4 is 15.8 Å². The number of rotatable bonds is 7. The van der Waals surface area contributed by atoms with Crippen LogP contribution in [-0.2, 0) is 14.4 Å². The first-order chi connectivity index (χ1) is 11.0. The summed E-state index contributed by atoms with van der Waals surface area (Å²) < 4.78 is 5.34. The van der Waals surface area contributed by atoms with Crippen LogP contribution in [0.1, 0.15) is 25.7 Å². The Morgan fingerprint density at radius 1 is 1.17 bits per heavy atom. The molecule has 0 bridgehead atoms. The summed E-state index contributed by atoms with van der Waals surface area (Å²) in [6, 6.07) is 6.76. The summed E-state index contributed by atoms with van der Waals surface area (Å²) in [5, 5.41) is 11.7. The van der Waals surface area contributed by atoms with Crippen LogP contribution >= 0.6 is 0 Å². The lowest BCUT2D eigenvalue weighted by atomic mass is 10.0. The van der Waals surface area contributed by atoms with E-state index in [4.69, 9.17) is 15.6 Å². The zero-order valence-electron chi connectivity index (χ0n) is 12.7. The average molecular weight is 320 g/mol. The number of amides is 2. The topological polar surface area (TPSA) is 119 Å². The molecule has 4 N–H and O–H groups in total. The highest BCUT2D eigenvalue weighted by molar-refractivity contribution is 5.93. The minimum Gasteiger partial charge on any atom is -0.493 e. The first-order valence-corrected chi connectivity index (χ1v) is 7.50. The van der Waals surface area contributed by atoms with Crippen LogP contribution in [0.2, 0.25) is 0 Å². The Bertz CT molecular complexity index is 585. The maximum atomic E-state index is 12.1. The molecule has 0 saturated heterocycles. The first kappa shape index (κ1) is 16.8. The summed E-state index contributed by atoms with van der Waals surface area (Å²) in [5.74, 6) is -1.52. The predicted molar refractivity (Wildman–Crippen MR) is 82.8 cm³/mol. The van der Waals surface area contributed by atoms with Crippen molar-refractivity contribution in [1.82, 2.24) is 0 Å². The number of carbonyl (C=O) groups is 3. The van der Waals surface area contributed by atoms with Crippen molar-refractivity contribution in [2.24, 2.45) is 17.6 Å². The highest BCUT2D eigenvalue weighted by Crippen LogP contribution is 2.32. The van der Waals surface area contributed by atoms with Gasteiger partial charge >= 0.3 is 5.97 Å². The predicted octanol–water partition coefficient (Wildman–Crippen LogP) is 1.38. The molecular formula is C16H20N2O5. The smallest absolute Gasteiger partial charge is 0.306 e. The van der Waals surface area contributed by atoms with Gasteiger partial charge in [0.15, 0.2) is 0 Å². The van der Waals surface area contributed by atoms with Gasteiger partial charge in [-0.05, 0) is 43.5 Å². The zero-order valence-corrected chi connectivity index (χ0v) is 12.7. The molecule has 0 spiro atoms. The van der Waals surface area contributed by atoms with Crippen LogP contribution in [0.4, 0.5) is 5.69 Å². The van der Waals surface area contributed by atoms with Crippen molar-refractivity contribution >= 4 is 23.5 Å². The summed E-state index contributed by atoms with van der Waals surface area (Å²) >= 11 is 0. The number of carboxylic acids is 1. The summed E-state index contributed by atoms with van der Waals surface area (Å²) in [7, 11) is 0. The maximum Gasteiger partial charge on any atom is 0.306 e. The molecule has 1 fully saturated rings. The third kappa shape index (κ3) is 4.98. The van der Waals surface area contributed by atoms with Crippen LogP contribution in [0.25, 0.3) is 0 Å². The van der Waals surface area contributed by atoms with E-state index in [2.05, 4.69) is 5.32 Å². The molecule has 2 atom stereocenters. The Morgan fingerprint density at radius 2 is 1.83 bits per heavy atom. The number of benzene rings is 1. The molecule has 23 heavy (non-hydrogen) atoms. The highest BCUT2D eigenvalue weighted by Gasteiger charge is 2.33. The number of nitrogens with two attached hydrogens (primary N) is 1. The monoisotopic (exact) mass is 320 g/mol. The molecule has 124 valence electrons. The van der Waals surface area contributed by atoms with Gasteiger partial charge in [0.25, 0.3) is 0 Å². The molecule has 0 aliphatic heterocycles. The molecule has 1 aliphatic carbocycles. The van der Waals surface area contributed by atoms with Crippen molar-refractivity contribution in [2.75, 3.05) is 11.9 Å².